The van der Waals surface area contributed by atoms with Gasteiger partial charge in [0.15, 0.2) is 5.96 Å². The van der Waals surface area contributed by atoms with Gasteiger partial charge in [0.05, 0.1) is 12.6 Å². The number of nitrogens with zero attached hydrogens (tertiary/aromatic N) is 1. The monoisotopic (exact) mass is 347 g/mol. The molecule has 2 N–H and O–H groups in total. The van der Waals surface area contributed by atoms with Crippen LogP contribution < -0.4 is 10.6 Å². The summed E-state index contributed by atoms with van der Waals surface area (Å²) in [5.41, 5.74) is 0.400. The van der Waals surface area contributed by atoms with Gasteiger partial charge in [-0.3, -0.25) is 4.99 Å². The highest BCUT2D eigenvalue weighted by atomic mass is 32.1. The van der Waals surface area contributed by atoms with Gasteiger partial charge in [-0.15, -0.1) is 11.3 Å². The molecule has 0 bridgehead atoms. The molecule has 3 fully saturated rings. The van der Waals surface area contributed by atoms with Crippen molar-refractivity contribution in [1.29, 1.82) is 0 Å². The molecule has 0 amide bonds. The molecule has 1 saturated heterocycles. The lowest BCUT2D eigenvalue weighted by atomic mass is 9.46. The Labute approximate surface area is 149 Å². The van der Waals surface area contributed by atoms with Gasteiger partial charge in [-0.2, -0.15) is 0 Å². The van der Waals surface area contributed by atoms with Crippen molar-refractivity contribution in [2.75, 3.05) is 19.7 Å². The SMILES string of the molecule is CCNC(=NCC(C)c1cccs1)NC1C2CCOC2C12CCC2. The van der Waals surface area contributed by atoms with Crippen LogP contribution in [0.4, 0.5) is 0 Å². The summed E-state index contributed by atoms with van der Waals surface area (Å²) in [6.45, 7) is 7.08. The van der Waals surface area contributed by atoms with Gasteiger partial charge in [0, 0.05) is 41.3 Å². The lowest BCUT2D eigenvalue weighted by Crippen LogP contribution is -2.72. The maximum atomic E-state index is 6.03. The van der Waals surface area contributed by atoms with E-state index in [0.717, 1.165) is 25.7 Å². The Morgan fingerprint density at radius 1 is 1.50 bits per heavy atom. The Balaban J connectivity index is 1.42. The predicted molar refractivity (Wildman–Crippen MR) is 99.8 cm³/mol. The molecule has 132 valence electrons. The van der Waals surface area contributed by atoms with E-state index in [2.05, 4.69) is 42.0 Å². The number of hydrogen-bond acceptors (Lipinski definition) is 3. The van der Waals surface area contributed by atoms with Gasteiger partial charge in [-0.1, -0.05) is 19.4 Å². The van der Waals surface area contributed by atoms with Crippen molar-refractivity contribution in [2.24, 2.45) is 16.3 Å². The fraction of sp³-hybridized carbons (Fsp3) is 0.737. The van der Waals surface area contributed by atoms with Crippen LogP contribution in [-0.4, -0.2) is 37.8 Å². The molecule has 1 spiro atoms. The van der Waals surface area contributed by atoms with Crippen molar-refractivity contribution >= 4 is 17.3 Å². The van der Waals surface area contributed by atoms with Crippen molar-refractivity contribution in [3.8, 4) is 0 Å². The molecule has 4 unspecified atom stereocenters. The lowest BCUT2D eigenvalue weighted by molar-refractivity contribution is -0.171. The number of rotatable bonds is 5. The predicted octanol–water partition coefficient (Wildman–Crippen LogP) is 3.36. The third-order valence-corrected chi connectivity index (χ3v) is 7.33. The Hall–Kier alpha value is -1.07. The zero-order chi connectivity index (χ0) is 16.6. The van der Waals surface area contributed by atoms with Crippen LogP contribution in [0.15, 0.2) is 22.5 Å². The standard InChI is InChI=1S/C19H29N3OS/c1-3-20-18(21-12-13(2)15-6-4-11-24-15)22-16-14-7-10-23-17(14)19(16)8-5-9-19/h4,6,11,13-14,16-17H,3,5,7-10,12H2,1-2H3,(H2,20,21,22). The molecule has 2 aliphatic carbocycles. The van der Waals surface area contributed by atoms with Crippen molar-refractivity contribution in [3.63, 3.8) is 0 Å². The smallest absolute Gasteiger partial charge is 0.191 e. The van der Waals surface area contributed by atoms with Crippen LogP contribution in [0.2, 0.25) is 0 Å². The molecule has 0 aromatic carbocycles. The average Bonchev–Trinajstić information content (AvgIpc) is 3.18. The topological polar surface area (TPSA) is 45.7 Å². The molecular formula is C19H29N3OS. The Morgan fingerprint density at radius 3 is 3.04 bits per heavy atom. The van der Waals surface area contributed by atoms with E-state index in [1.54, 1.807) is 0 Å². The number of fused-ring (bicyclic) bond motifs is 2. The molecule has 0 radical (unpaired) electrons. The van der Waals surface area contributed by atoms with Crippen LogP contribution in [0, 0.1) is 11.3 Å². The summed E-state index contributed by atoms with van der Waals surface area (Å²) >= 11 is 1.82. The summed E-state index contributed by atoms with van der Waals surface area (Å²) in [6, 6.07) is 4.88. The number of nitrogens with one attached hydrogen (secondary N) is 2. The first-order chi connectivity index (χ1) is 11.7. The molecule has 1 aromatic rings. The van der Waals surface area contributed by atoms with Crippen LogP contribution >= 0.6 is 11.3 Å². The Morgan fingerprint density at radius 2 is 2.38 bits per heavy atom. The quantitative estimate of drug-likeness (QED) is 0.634. The van der Waals surface area contributed by atoms with Crippen molar-refractivity contribution in [2.45, 2.75) is 57.6 Å². The maximum Gasteiger partial charge on any atom is 0.191 e. The number of aliphatic imine (C=N–C) groups is 1. The minimum atomic E-state index is 0.400. The van der Waals surface area contributed by atoms with Gasteiger partial charge in [0.2, 0.25) is 0 Å². The Kier molecular flexibility index (Phi) is 4.56. The Bertz CT molecular complexity index is 581. The molecule has 1 aromatic heterocycles. The third-order valence-electron chi connectivity index (χ3n) is 6.22. The summed E-state index contributed by atoms with van der Waals surface area (Å²) in [4.78, 5) is 6.30. The fourth-order valence-corrected chi connectivity index (χ4v) is 5.59. The fourth-order valence-electron chi connectivity index (χ4n) is 4.81. The maximum absolute atomic E-state index is 6.03. The highest BCUT2D eigenvalue weighted by Crippen LogP contribution is 2.62. The van der Waals surface area contributed by atoms with E-state index in [4.69, 9.17) is 9.73 Å². The van der Waals surface area contributed by atoms with Crippen LogP contribution in [0.3, 0.4) is 0 Å². The first kappa shape index (κ1) is 16.4. The molecule has 24 heavy (non-hydrogen) atoms. The van der Waals surface area contributed by atoms with Crippen LogP contribution in [0.5, 0.6) is 0 Å². The highest BCUT2D eigenvalue weighted by molar-refractivity contribution is 7.10. The lowest BCUT2D eigenvalue weighted by Gasteiger charge is -2.63. The van der Waals surface area contributed by atoms with Gasteiger partial charge in [0.1, 0.15) is 0 Å². The van der Waals surface area contributed by atoms with Crippen LogP contribution in [0.1, 0.15) is 50.3 Å². The van der Waals surface area contributed by atoms with E-state index in [-0.39, 0.29) is 0 Å². The summed E-state index contributed by atoms with van der Waals surface area (Å²) in [6.07, 6.45) is 5.70. The summed E-state index contributed by atoms with van der Waals surface area (Å²) in [7, 11) is 0. The molecule has 3 aliphatic rings. The van der Waals surface area contributed by atoms with E-state index < -0.39 is 0 Å². The molecule has 2 heterocycles. The van der Waals surface area contributed by atoms with Crippen LogP contribution in [0.25, 0.3) is 0 Å². The van der Waals surface area contributed by atoms with Gasteiger partial charge >= 0.3 is 0 Å². The second kappa shape index (κ2) is 6.68. The number of thiophene rings is 1. The first-order valence-electron chi connectivity index (χ1n) is 9.44. The summed E-state index contributed by atoms with van der Waals surface area (Å²) < 4.78 is 6.03. The molecule has 5 heteroatoms. The molecular weight excluding hydrogens is 318 g/mol. The third kappa shape index (κ3) is 2.66. The summed E-state index contributed by atoms with van der Waals surface area (Å²) in [5, 5.41) is 9.38. The second-order valence-corrected chi connectivity index (χ2v) is 8.57. The van der Waals surface area contributed by atoms with Crippen molar-refractivity contribution in [3.05, 3.63) is 22.4 Å². The van der Waals surface area contributed by atoms with Gasteiger partial charge in [-0.05, 0) is 37.6 Å². The minimum absolute atomic E-state index is 0.400. The van der Waals surface area contributed by atoms with Crippen molar-refractivity contribution in [1.82, 2.24) is 10.6 Å². The van der Waals surface area contributed by atoms with E-state index in [9.17, 15) is 0 Å². The first-order valence-corrected chi connectivity index (χ1v) is 10.3. The normalized spacial score (nSPS) is 31.9. The summed E-state index contributed by atoms with van der Waals surface area (Å²) in [5.74, 6) is 2.15. The molecule has 2 saturated carbocycles. The van der Waals surface area contributed by atoms with E-state index in [0.29, 0.717) is 29.4 Å². The number of hydrogen-bond donors (Lipinski definition) is 2. The molecule has 4 rings (SSSR count). The second-order valence-electron chi connectivity index (χ2n) is 7.59. The molecule has 1 aliphatic heterocycles. The van der Waals surface area contributed by atoms with E-state index >= 15 is 0 Å². The zero-order valence-corrected chi connectivity index (χ0v) is 15.6. The minimum Gasteiger partial charge on any atom is -0.377 e. The van der Waals surface area contributed by atoms with E-state index in [1.807, 2.05) is 11.3 Å². The average molecular weight is 348 g/mol. The molecule has 4 nitrogen and oxygen atoms in total. The van der Waals surface area contributed by atoms with Gasteiger partial charge < -0.3 is 15.4 Å². The number of guanidine groups is 1. The zero-order valence-electron chi connectivity index (χ0n) is 14.8. The van der Waals surface area contributed by atoms with Crippen molar-refractivity contribution < 1.29 is 4.74 Å². The van der Waals surface area contributed by atoms with Crippen LogP contribution in [-0.2, 0) is 4.74 Å². The van der Waals surface area contributed by atoms with Gasteiger partial charge in [-0.25, -0.2) is 0 Å². The number of ether oxygens (including phenoxy) is 1. The largest absolute Gasteiger partial charge is 0.377 e. The van der Waals surface area contributed by atoms with E-state index in [1.165, 1.54) is 30.6 Å². The highest BCUT2D eigenvalue weighted by Gasteiger charge is 2.66. The van der Waals surface area contributed by atoms with Gasteiger partial charge in [0.25, 0.3) is 0 Å². The molecule has 4 atom stereocenters.